The van der Waals surface area contributed by atoms with Crippen LogP contribution in [0.3, 0.4) is 0 Å². The minimum absolute atomic E-state index is 0.521. The summed E-state index contributed by atoms with van der Waals surface area (Å²) in [4.78, 5) is 2.70. The fourth-order valence-corrected chi connectivity index (χ4v) is 3.22. The second kappa shape index (κ2) is 8.19. The lowest BCUT2D eigenvalue weighted by Crippen LogP contribution is -2.35. The number of rotatable bonds is 7. The van der Waals surface area contributed by atoms with Crippen LogP contribution in [-0.4, -0.2) is 24.5 Å². The Labute approximate surface area is 115 Å². The van der Waals surface area contributed by atoms with Crippen molar-refractivity contribution in [2.45, 2.75) is 79.1 Å². The molecular formula is C17H35N. The number of unbranched alkanes of at least 4 members (excludes halogenated alkanes) is 4. The normalized spacial score (nSPS) is 19.3. The molecule has 1 fully saturated rings. The zero-order chi connectivity index (χ0) is 13.4. The molecular weight excluding hydrogens is 218 g/mol. The van der Waals surface area contributed by atoms with Crippen molar-refractivity contribution in [3.05, 3.63) is 0 Å². The van der Waals surface area contributed by atoms with Gasteiger partial charge in [-0.15, -0.1) is 0 Å². The van der Waals surface area contributed by atoms with E-state index in [0.29, 0.717) is 5.41 Å². The van der Waals surface area contributed by atoms with Gasteiger partial charge in [0.25, 0.3) is 0 Å². The maximum absolute atomic E-state index is 2.70. The lowest BCUT2D eigenvalue weighted by molar-refractivity contribution is 0.150. The highest BCUT2D eigenvalue weighted by Gasteiger charge is 2.23. The quantitative estimate of drug-likeness (QED) is 0.570. The Morgan fingerprint density at radius 2 is 1.56 bits per heavy atom. The summed E-state index contributed by atoms with van der Waals surface area (Å²) >= 11 is 0. The van der Waals surface area contributed by atoms with E-state index in [1.165, 1.54) is 71.0 Å². The molecule has 0 aromatic rings. The van der Waals surface area contributed by atoms with E-state index in [9.17, 15) is 0 Å². The first-order valence-corrected chi connectivity index (χ1v) is 8.23. The molecule has 0 aromatic heterocycles. The van der Waals surface area contributed by atoms with Gasteiger partial charge in [-0.25, -0.2) is 0 Å². The van der Waals surface area contributed by atoms with Crippen LogP contribution in [0.1, 0.15) is 79.1 Å². The molecule has 0 unspecified atom stereocenters. The average molecular weight is 253 g/mol. The van der Waals surface area contributed by atoms with Gasteiger partial charge in [0.15, 0.2) is 0 Å². The maximum atomic E-state index is 2.70. The van der Waals surface area contributed by atoms with E-state index in [0.717, 1.165) is 5.92 Å². The van der Waals surface area contributed by atoms with Crippen LogP contribution in [0.15, 0.2) is 0 Å². The summed E-state index contributed by atoms with van der Waals surface area (Å²) in [5.74, 6) is 0.987. The van der Waals surface area contributed by atoms with Crippen molar-refractivity contribution < 1.29 is 0 Å². The van der Waals surface area contributed by atoms with Gasteiger partial charge in [0.05, 0.1) is 0 Å². The predicted octanol–water partition coefficient (Wildman–Crippen LogP) is 5.11. The maximum Gasteiger partial charge on any atom is -0.00161 e. The fourth-order valence-electron chi connectivity index (χ4n) is 3.22. The molecule has 0 bridgehead atoms. The molecule has 1 nitrogen and oxygen atoms in total. The summed E-state index contributed by atoms with van der Waals surface area (Å²) in [5, 5.41) is 0. The highest BCUT2D eigenvalue weighted by atomic mass is 15.1. The molecule has 0 aliphatic carbocycles. The molecule has 1 saturated heterocycles. The van der Waals surface area contributed by atoms with Crippen molar-refractivity contribution in [3.8, 4) is 0 Å². The van der Waals surface area contributed by atoms with Gasteiger partial charge in [0.1, 0.15) is 0 Å². The van der Waals surface area contributed by atoms with E-state index < -0.39 is 0 Å². The van der Waals surface area contributed by atoms with Gasteiger partial charge in [-0.2, -0.15) is 0 Å². The molecule has 18 heavy (non-hydrogen) atoms. The number of hydrogen-bond donors (Lipinski definition) is 0. The van der Waals surface area contributed by atoms with E-state index >= 15 is 0 Å². The van der Waals surface area contributed by atoms with Gasteiger partial charge in [-0.1, -0.05) is 53.4 Å². The zero-order valence-electron chi connectivity index (χ0n) is 13.3. The topological polar surface area (TPSA) is 3.24 Å². The zero-order valence-corrected chi connectivity index (χ0v) is 13.3. The fraction of sp³-hybridized carbons (Fsp3) is 1.00. The van der Waals surface area contributed by atoms with E-state index in [2.05, 4.69) is 32.6 Å². The molecule has 1 rings (SSSR count). The summed E-state index contributed by atoms with van der Waals surface area (Å²) < 4.78 is 0. The van der Waals surface area contributed by atoms with Gasteiger partial charge in [0, 0.05) is 0 Å². The van der Waals surface area contributed by atoms with E-state index in [1.54, 1.807) is 0 Å². The van der Waals surface area contributed by atoms with Crippen molar-refractivity contribution in [3.63, 3.8) is 0 Å². The minimum Gasteiger partial charge on any atom is -0.303 e. The van der Waals surface area contributed by atoms with Crippen molar-refractivity contribution in [2.75, 3.05) is 19.6 Å². The number of likely N-dealkylation sites (tertiary alicyclic amines) is 1. The predicted molar refractivity (Wildman–Crippen MR) is 82.0 cm³/mol. The molecule has 1 heteroatoms. The van der Waals surface area contributed by atoms with Crippen LogP contribution < -0.4 is 0 Å². The number of nitrogens with zero attached hydrogens (tertiary/aromatic N) is 1. The van der Waals surface area contributed by atoms with Crippen molar-refractivity contribution >= 4 is 0 Å². The van der Waals surface area contributed by atoms with E-state index in [4.69, 9.17) is 0 Å². The molecule has 0 aromatic carbocycles. The molecule has 108 valence electrons. The SMILES string of the molecule is CCCCCCCN1CCC(CC(C)(C)C)CC1. The molecule has 1 aliphatic rings. The van der Waals surface area contributed by atoms with Crippen LogP contribution in [0, 0.1) is 11.3 Å². The Balaban J connectivity index is 2.05. The van der Waals surface area contributed by atoms with Crippen LogP contribution in [0.5, 0.6) is 0 Å². The Hall–Kier alpha value is -0.0400. The van der Waals surface area contributed by atoms with Crippen molar-refractivity contribution in [1.82, 2.24) is 4.90 Å². The smallest absolute Gasteiger partial charge is 0.00161 e. The Kier molecular flexibility index (Phi) is 7.29. The molecule has 0 atom stereocenters. The minimum atomic E-state index is 0.521. The molecule has 1 aliphatic heterocycles. The molecule has 1 heterocycles. The molecule has 0 radical (unpaired) electrons. The van der Waals surface area contributed by atoms with Gasteiger partial charge in [0.2, 0.25) is 0 Å². The van der Waals surface area contributed by atoms with E-state index in [-0.39, 0.29) is 0 Å². The molecule has 0 spiro atoms. The Morgan fingerprint density at radius 1 is 0.944 bits per heavy atom. The third kappa shape index (κ3) is 7.41. The summed E-state index contributed by atoms with van der Waals surface area (Å²) in [7, 11) is 0. The first-order chi connectivity index (χ1) is 8.51. The Morgan fingerprint density at radius 3 is 2.11 bits per heavy atom. The van der Waals surface area contributed by atoms with Gasteiger partial charge >= 0.3 is 0 Å². The highest BCUT2D eigenvalue weighted by molar-refractivity contribution is 4.76. The summed E-state index contributed by atoms with van der Waals surface area (Å²) in [6.07, 6.45) is 11.4. The number of hydrogen-bond acceptors (Lipinski definition) is 1. The van der Waals surface area contributed by atoms with Crippen molar-refractivity contribution in [1.29, 1.82) is 0 Å². The monoisotopic (exact) mass is 253 g/mol. The standard InChI is InChI=1S/C17H35N/c1-5-6-7-8-9-12-18-13-10-16(11-14-18)15-17(2,3)4/h16H,5-15H2,1-4H3. The summed E-state index contributed by atoms with van der Waals surface area (Å²) in [6.45, 7) is 13.5. The Bertz CT molecular complexity index is 196. The van der Waals surface area contributed by atoms with Crippen LogP contribution in [0.25, 0.3) is 0 Å². The summed E-state index contributed by atoms with van der Waals surface area (Å²) in [5.41, 5.74) is 0.521. The highest BCUT2D eigenvalue weighted by Crippen LogP contribution is 2.30. The van der Waals surface area contributed by atoms with Crippen LogP contribution >= 0.6 is 0 Å². The molecule has 0 saturated carbocycles. The van der Waals surface area contributed by atoms with E-state index in [1.807, 2.05) is 0 Å². The largest absolute Gasteiger partial charge is 0.303 e. The molecule has 0 amide bonds. The third-order valence-electron chi connectivity index (χ3n) is 4.19. The van der Waals surface area contributed by atoms with Gasteiger partial charge in [-0.05, 0) is 56.7 Å². The second-order valence-electron chi connectivity index (χ2n) is 7.46. The third-order valence-corrected chi connectivity index (χ3v) is 4.19. The average Bonchev–Trinajstić information content (AvgIpc) is 2.29. The van der Waals surface area contributed by atoms with Crippen LogP contribution in [0.4, 0.5) is 0 Å². The van der Waals surface area contributed by atoms with Crippen LogP contribution in [-0.2, 0) is 0 Å². The summed E-state index contributed by atoms with van der Waals surface area (Å²) in [6, 6.07) is 0. The number of piperidine rings is 1. The van der Waals surface area contributed by atoms with Gasteiger partial charge < -0.3 is 4.90 Å². The van der Waals surface area contributed by atoms with Gasteiger partial charge in [-0.3, -0.25) is 0 Å². The lowest BCUT2D eigenvalue weighted by Gasteiger charge is -2.35. The lowest BCUT2D eigenvalue weighted by atomic mass is 9.80. The van der Waals surface area contributed by atoms with Crippen LogP contribution in [0.2, 0.25) is 0 Å². The first kappa shape index (κ1) is 16.0. The first-order valence-electron chi connectivity index (χ1n) is 8.23. The second-order valence-corrected chi connectivity index (χ2v) is 7.46. The van der Waals surface area contributed by atoms with Crippen molar-refractivity contribution in [2.24, 2.45) is 11.3 Å². The molecule has 0 N–H and O–H groups in total.